The zero-order chi connectivity index (χ0) is 21.8. The van der Waals surface area contributed by atoms with E-state index in [0.717, 1.165) is 11.1 Å². The van der Waals surface area contributed by atoms with E-state index in [1.165, 1.54) is 6.08 Å². The summed E-state index contributed by atoms with van der Waals surface area (Å²) in [7, 11) is 1.59. The van der Waals surface area contributed by atoms with Crippen molar-refractivity contribution < 1.29 is 19.1 Å². The van der Waals surface area contributed by atoms with Crippen molar-refractivity contribution in [2.75, 3.05) is 26.8 Å². The van der Waals surface area contributed by atoms with E-state index in [0.29, 0.717) is 43.5 Å². The Morgan fingerprint density at radius 3 is 2.43 bits per heavy atom. The average Bonchev–Trinajstić information content (AvgIpc) is 2.74. The molecular formula is C24H30N2O4. The zero-order valence-corrected chi connectivity index (χ0v) is 17.8. The largest absolute Gasteiger partial charge is 0.493 e. The van der Waals surface area contributed by atoms with Gasteiger partial charge in [0.1, 0.15) is 0 Å². The van der Waals surface area contributed by atoms with Gasteiger partial charge in [-0.1, -0.05) is 50.2 Å². The van der Waals surface area contributed by atoms with Gasteiger partial charge in [0, 0.05) is 19.2 Å². The molecular weight excluding hydrogens is 380 g/mol. The highest BCUT2D eigenvalue weighted by Crippen LogP contribution is 2.28. The maximum Gasteiger partial charge on any atom is 0.244 e. The van der Waals surface area contributed by atoms with Crippen LogP contribution in [0.4, 0.5) is 0 Å². The van der Waals surface area contributed by atoms with Gasteiger partial charge in [-0.3, -0.25) is 9.59 Å². The van der Waals surface area contributed by atoms with E-state index in [4.69, 9.17) is 9.47 Å². The third-order valence-electron chi connectivity index (χ3n) is 4.14. The van der Waals surface area contributed by atoms with E-state index in [1.807, 2.05) is 48.5 Å². The molecule has 0 fully saturated rings. The summed E-state index contributed by atoms with van der Waals surface area (Å²) in [4.78, 5) is 23.9. The summed E-state index contributed by atoms with van der Waals surface area (Å²) < 4.78 is 11.1. The van der Waals surface area contributed by atoms with Gasteiger partial charge in [0.2, 0.25) is 11.8 Å². The van der Waals surface area contributed by atoms with Gasteiger partial charge in [-0.25, -0.2) is 0 Å². The van der Waals surface area contributed by atoms with Crippen LogP contribution in [0.15, 0.2) is 54.6 Å². The second kappa shape index (κ2) is 12.3. The van der Waals surface area contributed by atoms with Gasteiger partial charge in [0.25, 0.3) is 0 Å². The lowest BCUT2D eigenvalue weighted by atomic mass is 10.1. The molecule has 2 aromatic carbocycles. The third-order valence-corrected chi connectivity index (χ3v) is 4.14. The fraction of sp³-hybridized carbons (Fsp3) is 0.333. The molecule has 0 radical (unpaired) electrons. The number of hydrogen-bond donors (Lipinski definition) is 2. The van der Waals surface area contributed by atoms with Crippen molar-refractivity contribution in [3.05, 3.63) is 65.7 Å². The Morgan fingerprint density at radius 2 is 1.73 bits per heavy atom. The number of hydrogen-bond acceptors (Lipinski definition) is 4. The van der Waals surface area contributed by atoms with Crippen LogP contribution in [-0.4, -0.2) is 38.6 Å². The van der Waals surface area contributed by atoms with E-state index in [9.17, 15) is 9.59 Å². The molecule has 0 spiro atoms. The molecule has 0 saturated carbocycles. The van der Waals surface area contributed by atoms with E-state index in [1.54, 1.807) is 13.2 Å². The van der Waals surface area contributed by atoms with Crippen LogP contribution in [0.5, 0.6) is 11.5 Å². The summed E-state index contributed by atoms with van der Waals surface area (Å²) >= 11 is 0. The highest BCUT2D eigenvalue weighted by atomic mass is 16.5. The smallest absolute Gasteiger partial charge is 0.244 e. The zero-order valence-electron chi connectivity index (χ0n) is 17.8. The maximum atomic E-state index is 12.0. The van der Waals surface area contributed by atoms with Crippen LogP contribution in [0.1, 0.15) is 25.0 Å². The molecule has 0 heterocycles. The van der Waals surface area contributed by atoms with Crippen molar-refractivity contribution in [1.82, 2.24) is 10.6 Å². The minimum atomic E-state index is -0.230. The predicted octanol–water partition coefficient (Wildman–Crippen LogP) is 3.22. The molecule has 0 aromatic heterocycles. The van der Waals surface area contributed by atoms with E-state index >= 15 is 0 Å². The van der Waals surface area contributed by atoms with Crippen molar-refractivity contribution in [1.29, 1.82) is 0 Å². The molecule has 6 nitrogen and oxygen atoms in total. The fourth-order valence-corrected chi connectivity index (χ4v) is 2.63. The van der Waals surface area contributed by atoms with Crippen molar-refractivity contribution in [3.8, 4) is 11.5 Å². The standard InChI is InChI=1S/C24H30N2O4/c1-18(2)17-30-21-11-9-20(15-22(21)29-3)10-12-23(27)25-13-14-26-24(28)16-19-7-5-4-6-8-19/h4-12,15,18H,13-14,16-17H2,1-3H3,(H,25,27)(H,26,28)/b12-10+. The number of amides is 2. The highest BCUT2D eigenvalue weighted by molar-refractivity contribution is 5.91. The van der Waals surface area contributed by atoms with Crippen LogP contribution in [0.2, 0.25) is 0 Å². The molecule has 30 heavy (non-hydrogen) atoms. The monoisotopic (exact) mass is 410 g/mol. The number of carbonyl (C=O) groups excluding carboxylic acids is 2. The lowest BCUT2D eigenvalue weighted by molar-refractivity contribution is -0.121. The second-order valence-corrected chi connectivity index (χ2v) is 7.25. The number of methoxy groups -OCH3 is 1. The average molecular weight is 411 g/mol. The Labute approximate surface area is 178 Å². The summed E-state index contributed by atoms with van der Waals surface area (Å²) in [5.41, 5.74) is 1.79. The van der Waals surface area contributed by atoms with Crippen molar-refractivity contribution >= 4 is 17.9 Å². The second-order valence-electron chi connectivity index (χ2n) is 7.25. The van der Waals surface area contributed by atoms with Crippen molar-refractivity contribution in [3.63, 3.8) is 0 Å². The summed E-state index contributed by atoms with van der Waals surface area (Å²) in [6.45, 7) is 5.50. The first-order chi connectivity index (χ1) is 14.5. The minimum absolute atomic E-state index is 0.0714. The van der Waals surface area contributed by atoms with Crippen LogP contribution >= 0.6 is 0 Å². The van der Waals surface area contributed by atoms with E-state index in [2.05, 4.69) is 24.5 Å². The van der Waals surface area contributed by atoms with Gasteiger partial charge >= 0.3 is 0 Å². The summed E-state index contributed by atoms with van der Waals surface area (Å²) in [6.07, 6.45) is 3.49. The molecule has 0 saturated heterocycles. The van der Waals surface area contributed by atoms with Gasteiger partial charge in [-0.2, -0.15) is 0 Å². The molecule has 0 bridgehead atoms. The number of benzene rings is 2. The van der Waals surface area contributed by atoms with Crippen LogP contribution in [0.25, 0.3) is 6.08 Å². The van der Waals surface area contributed by atoms with E-state index in [-0.39, 0.29) is 11.8 Å². The first-order valence-corrected chi connectivity index (χ1v) is 10.0. The Morgan fingerprint density at radius 1 is 1.00 bits per heavy atom. The molecule has 2 amide bonds. The molecule has 0 aliphatic heterocycles. The Hall–Kier alpha value is -3.28. The SMILES string of the molecule is COc1cc(/C=C/C(=O)NCCNC(=O)Cc2ccccc2)ccc1OCC(C)C. The number of ether oxygens (including phenoxy) is 2. The van der Waals surface area contributed by atoms with Crippen LogP contribution < -0.4 is 20.1 Å². The minimum Gasteiger partial charge on any atom is -0.493 e. The van der Waals surface area contributed by atoms with Crippen LogP contribution in [0, 0.1) is 5.92 Å². The molecule has 0 unspecified atom stereocenters. The number of carbonyl (C=O) groups is 2. The molecule has 0 atom stereocenters. The van der Waals surface area contributed by atoms with Crippen LogP contribution in [-0.2, 0) is 16.0 Å². The lowest BCUT2D eigenvalue weighted by Crippen LogP contribution is -2.34. The van der Waals surface area contributed by atoms with Crippen molar-refractivity contribution in [2.45, 2.75) is 20.3 Å². The summed E-state index contributed by atoms with van der Waals surface area (Å²) in [5.74, 6) is 1.42. The van der Waals surface area contributed by atoms with Gasteiger partial charge in [-0.15, -0.1) is 0 Å². The first kappa shape index (κ1) is 23.0. The van der Waals surface area contributed by atoms with Gasteiger partial charge in [0.15, 0.2) is 11.5 Å². The van der Waals surface area contributed by atoms with Crippen molar-refractivity contribution in [2.24, 2.45) is 5.92 Å². The molecule has 6 heteroatoms. The van der Waals surface area contributed by atoms with Crippen LogP contribution in [0.3, 0.4) is 0 Å². The molecule has 2 rings (SSSR count). The first-order valence-electron chi connectivity index (χ1n) is 10.0. The topological polar surface area (TPSA) is 76.7 Å². The number of nitrogens with one attached hydrogen (secondary N) is 2. The Bertz CT molecular complexity index is 848. The molecule has 0 aliphatic rings. The van der Waals surface area contributed by atoms with Gasteiger partial charge in [-0.05, 0) is 35.3 Å². The van der Waals surface area contributed by atoms with Gasteiger partial charge < -0.3 is 20.1 Å². The van der Waals surface area contributed by atoms with E-state index < -0.39 is 0 Å². The number of rotatable bonds is 11. The lowest BCUT2D eigenvalue weighted by Gasteiger charge is -2.12. The quantitative estimate of drug-likeness (QED) is 0.441. The molecule has 2 aromatic rings. The highest BCUT2D eigenvalue weighted by Gasteiger charge is 2.06. The Balaban J connectivity index is 1.74. The normalized spacial score (nSPS) is 10.8. The third kappa shape index (κ3) is 8.39. The molecule has 160 valence electrons. The summed E-state index contributed by atoms with van der Waals surface area (Å²) in [6, 6.07) is 15.0. The Kier molecular flexibility index (Phi) is 9.45. The predicted molar refractivity (Wildman–Crippen MR) is 119 cm³/mol. The molecule has 2 N–H and O–H groups in total. The maximum absolute atomic E-state index is 12.0. The fourth-order valence-electron chi connectivity index (χ4n) is 2.63. The van der Waals surface area contributed by atoms with Gasteiger partial charge in [0.05, 0.1) is 20.1 Å². The molecule has 0 aliphatic carbocycles. The summed E-state index contributed by atoms with van der Waals surface area (Å²) in [5, 5.41) is 5.54.